The van der Waals surface area contributed by atoms with Crippen molar-refractivity contribution in [3.63, 3.8) is 0 Å². The predicted molar refractivity (Wildman–Crippen MR) is 74.4 cm³/mol. The van der Waals surface area contributed by atoms with E-state index in [2.05, 4.69) is 43.1 Å². The monoisotopic (exact) mass is 250 g/mol. The summed E-state index contributed by atoms with van der Waals surface area (Å²) in [6.07, 6.45) is 2.83. The van der Waals surface area contributed by atoms with E-state index >= 15 is 0 Å². The van der Waals surface area contributed by atoms with Crippen molar-refractivity contribution in [2.24, 2.45) is 5.92 Å². The molecule has 0 radical (unpaired) electrons. The molecule has 0 aliphatic heterocycles. The Morgan fingerprint density at radius 2 is 2.06 bits per heavy atom. The van der Waals surface area contributed by atoms with Crippen molar-refractivity contribution in [1.29, 1.82) is 0 Å². The number of nitrogens with zero attached hydrogens (tertiary/aromatic N) is 1. The molecule has 1 fully saturated rings. The molecule has 0 amide bonds. The summed E-state index contributed by atoms with van der Waals surface area (Å²) < 4.78 is 5.86. The van der Waals surface area contributed by atoms with E-state index in [1.165, 1.54) is 19.4 Å². The van der Waals surface area contributed by atoms with Gasteiger partial charge in [0.05, 0.1) is 13.1 Å². The van der Waals surface area contributed by atoms with Gasteiger partial charge in [-0.25, -0.2) is 0 Å². The molecule has 3 heteroatoms. The van der Waals surface area contributed by atoms with Gasteiger partial charge in [-0.15, -0.1) is 0 Å². The first kappa shape index (κ1) is 13.6. The number of hydrogen-bond acceptors (Lipinski definition) is 3. The van der Waals surface area contributed by atoms with Gasteiger partial charge in [-0.05, 0) is 37.4 Å². The van der Waals surface area contributed by atoms with Crippen LogP contribution in [0.2, 0.25) is 0 Å². The van der Waals surface area contributed by atoms with Gasteiger partial charge in [0.1, 0.15) is 11.5 Å². The molecule has 0 atom stereocenters. The lowest BCUT2D eigenvalue weighted by Crippen LogP contribution is -2.25. The summed E-state index contributed by atoms with van der Waals surface area (Å²) in [7, 11) is 0. The second-order valence-electron chi connectivity index (χ2n) is 5.67. The fraction of sp³-hybridized carbons (Fsp3) is 0.733. The molecule has 0 spiro atoms. The van der Waals surface area contributed by atoms with Crippen LogP contribution in [0.25, 0.3) is 0 Å². The van der Waals surface area contributed by atoms with E-state index in [0.29, 0.717) is 6.04 Å². The zero-order valence-corrected chi connectivity index (χ0v) is 11.9. The molecular formula is C15H26N2O. The van der Waals surface area contributed by atoms with Crippen molar-refractivity contribution in [3.8, 4) is 0 Å². The van der Waals surface area contributed by atoms with Gasteiger partial charge in [-0.1, -0.05) is 20.8 Å². The lowest BCUT2D eigenvalue weighted by atomic mass is 10.3. The van der Waals surface area contributed by atoms with E-state index in [9.17, 15) is 0 Å². The first-order valence-electron chi connectivity index (χ1n) is 7.20. The molecule has 1 aromatic rings. The molecule has 0 unspecified atom stereocenters. The van der Waals surface area contributed by atoms with Crippen molar-refractivity contribution in [2.75, 3.05) is 13.1 Å². The highest BCUT2D eigenvalue weighted by molar-refractivity contribution is 5.07. The van der Waals surface area contributed by atoms with Crippen LogP contribution < -0.4 is 5.32 Å². The number of rotatable bonds is 8. The molecule has 1 saturated carbocycles. The Morgan fingerprint density at radius 1 is 1.33 bits per heavy atom. The van der Waals surface area contributed by atoms with Gasteiger partial charge in [-0.3, -0.25) is 4.90 Å². The Bertz CT molecular complexity index is 355. The van der Waals surface area contributed by atoms with Gasteiger partial charge in [0, 0.05) is 12.6 Å². The van der Waals surface area contributed by atoms with Crippen LogP contribution in [-0.4, -0.2) is 24.0 Å². The number of nitrogens with one attached hydrogen (secondary N) is 1. The number of hydrogen-bond donors (Lipinski definition) is 1. The van der Waals surface area contributed by atoms with Gasteiger partial charge < -0.3 is 9.73 Å². The second kappa shape index (κ2) is 6.39. The minimum Gasteiger partial charge on any atom is -0.463 e. The zero-order valence-electron chi connectivity index (χ0n) is 11.9. The van der Waals surface area contributed by atoms with E-state index < -0.39 is 0 Å². The topological polar surface area (TPSA) is 28.4 Å². The second-order valence-corrected chi connectivity index (χ2v) is 5.67. The molecule has 2 rings (SSSR count). The van der Waals surface area contributed by atoms with Crippen molar-refractivity contribution in [2.45, 2.75) is 52.7 Å². The van der Waals surface area contributed by atoms with Crippen LogP contribution in [-0.2, 0) is 13.1 Å². The summed E-state index contributed by atoms with van der Waals surface area (Å²) >= 11 is 0. The molecule has 0 saturated heterocycles. The fourth-order valence-corrected chi connectivity index (χ4v) is 2.10. The van der Waals surface area contributed by atoms with Gasteiger partial charge in [-0.2, -0.15) is 0 Å². The highest BCUT2D eigenvalue weighted by Crippen LogP contribution is 2.30. The average Bonchev–Trinajstić information content (AvgIpc) is 3.04. The van der Waals surface area contributed by atoms with Crippen LogP contribution in [0.4, 0.5) is 0 Å². The third-order valence-corrected chi connectivity index (χ3v) is 3.44. The van der Waals surface area contributed by atoms with Gasteiger partial charge in [0.25, 0.3) is 0 Å². The molecule has 1 heterocycles. The van der Waals surface area contributed by atoms with Crippen LogP contribution in [0.5, 0.6) is 0 Å². The normalized spacial score (nSPS) is 15.8. The van der Waals surface area contributed by atoms with E-state index in [1.54, 1.807) is 0 Å². The zero-order chi connectivity index (χ0) is 13.0. The standard InChI is InChI=1S/C15H26N2O/c1-4-17(10-13-5-6-13)11-15-8-7-14(18-15)9-16-12(2)3/h7-8,12-13,16H,4-6,9-11H2,1-3H3. The largest absolute Gasteiger partial charge is 0.463 e. The molecule has 1 aromatic heterocycles. The Hall–Kier alpha value is -0.800. The van der Waals surface area contributed by atoms with Gasteiger partial charge in [0.15, 0.2) is 0 Å². The quantitative estimate of drug-likeness (QED) is 0.769. The van der Waals surface area contributed by atoms with Gasteiger partial charge >= 0.3 is 0 Å². The maximum atomic E-state index is 5.86. The van der Waals surface area contributed by atoms with Crippen LogP contribution >= 0.6 is 0 Å². The lowest BCUT2D eigenvalue weighted by molar-refractivity contribution is 0.243. The average molecular weight is 250 g/mol. The van der Waals surface area contributed by atoms with E-state index in [0.717, 1.165) is 37.1 Å². The third-order valence-electron chi connectivity index (χ3n) is 3.44. The maximum absolute atomic E-state index is 5.86. The molecule has 1 aliphatic rings. The Labute approximate surface area is 111 Å². The van der Waals surface area contributed by atoms with Crippen molar-refractivity contribution >= 4 is 0 Å². The molecule has 102 valence electrons. The molecule has 0 aromatic carbocycles. The molecule has 3 nitrogen and oxygen atoms in total. The first-order valence-corrected chi connectivity index (χ1v) is 7.20. The highest BCUT2D eigenvalue weighted by atomic mass is 16.3. The molecule has 1 aliphatic carbocycles. The predicted octanol–water partition coefficient (Wildman–Crippen LogP) is 3.01. The molecule has 1 N–H and O–H groups in total. The SMILES string of the molecule is CCN(Cc1ccc(CNC(C)C)o1)CC1CC1. The van der Waals surface area contributed by atoms with Crippen LogP contribution in [0, 0.1) is 5.92 Å². The smallest absolute Gasteiger partial charge is 0.118 e. The highest BCUT2D eigenvalue weighted by Gasteiger charge is 2.24. The molecule has 0 bridgehead atoms. The summed E-state index contributed by atoms with van der Waals surface area (Å²) in [5.41, 5.74) is 0. The third kappa shape index (κ3) is 4.46. The lowest BCUT2D eigenvalue weighted by Gasteiger charge is -2.18. The van der Waals surface area contributed by atoms with Crippen LogP contribution in [0.1, 0.15) is 45.1 Å². The van der Waals surface area contributed by atoms with Gasteiger partial charge in [0.2, 0.25) is 0 Å². The Balaban J connectivity index is 1.80. The summed E-state index contributed by atoms with van der Waals surface area (Å²) in [6, 6.07) is 4.71. The first-order chi connectivity index (χ1) is 8.67. The maximum Gasteiger partial charge on any atom is 0.118 e. The van der Waals surface area contributed by atoms with Crippen LogP contribution in [0.15, 0.2) is 16.5 Å². The van der Waals surface area contributed by atoms with E-state index in [-0.39, 0.29) is 0 Å². The minimum atomic E-state index is 0.501. The summed E-state index contributed by atoms with van der Waals surface area (Å²) in [5, 5.41) is 3.38. The minimum absolute atomic E-state index is 0.501. The Kier molecular flexibility index (Phi) is 4.84. The summed E-state index contributed by atoms with van der Waals surface area (Å²) in [4.78, 5) is 2.48. The van der Waals surface area contributed by atoms with E-state index in [4.69, 9.17) is 4.42 Å². The van der Waals surface area contributed by atoms with Crippen LogP contribution in [0.3, 0.4) is 0 Å². The van der Waals surface area contributed by atoms with E-state index in [1.807, 2.05) is 0 Å². The Morgan fingerprint density at radius 3 is 2.67 bits per heavy atom. The molecule has 18 heavy (non-hydrogen) atoms. The van der Waals surface area contributed by atoms with Crippen molar-refractivity contribution in [1.82, 2.24) is 10.2 Å². The number of furan rings is 1. The summed E-state index contributed by atoms with van der Waals surface area (Å²) in [6.45, 7) is 10.7. The fourth-order valence-electron chi connectivity index (χ4n) is 2.10. The summed E-state index contributed by atoms with van der Waals surface area (Å²) in [5.74, 6) is 3.08. The van der Waals surface area contributed by atoms with Crippen molar-refractivity contribution < 1.29 is 4.42 Å². The molecular weight excluding hydrogens is 224 g/mol. The van der Waals surface area contributed by atoms with Crippen molar-refractivity contribution in [3.05, 3.63) is 23.7 Å².